The molecule has 2 fully saturated rings. The lowest BCUT2D eigenvalue weighted by atomic mass is 9.63. The van der Waals surface area contributed by atoms with E-state index < -0.39 is 11.6 Å². The van der Waals surface area contributed by atoms with Crippen LogP contribution in [0.5, 0.6) is 5.75 Å². The summed E-state index contributed by atoms with van der Waals surface area (Å²) in [5, 5.41) is 1.08. The van der Waals surface area contributed by atoms with E-state index in [4.69, 9.17) is 4.74 Å². The molecule has 0 N–H and O–H groups in total. The second-order valence-corrected chi connectivity index (χ2v) is 10.4. The van der Waals surface area contributed by atoms with Crippen LogP contribution in [0.1, 0.15) is 96.0 Å². The molecule has 33 heavy (non-hydrogen) atoms. The maximum absolute atomic E-state index is 14.9. The molecule has 4 unspecified atom stereocenters. The highest BCUT2D eigenvalue weighted by molar-refractivity contribution is 5.85. The SMILES string of the molecule is C/C=C/COc1cc2ccc(C3CCC4CC(CCCCCC)CCC4C3)cc2c(F)c1F. The molecule has 2 saturated carbocycles. The first-order valence-electron chi connectivity index (χ1n) is 13.3. The van der Waals surface area contributed by atoms with Crippen LogP contribution in [-0.4, -0.2) is 6.61 Å². The Labute approximate surface area is 198 Å². The van der Waals surface area contributed by atoms with E-state index in [0.717, 1.165) is 17.8 Å². The quantitative estimate of drug-likeness (QED) is 0.271. The lowest BCUT2D eigenvalue weighted by molar-refractivity contribution is 0.113. The highest BCUT2D eigenvalue weighted by Crippen LogP contribution is 2.48. The van der Waals surface area contributed by atoms with Gasteiger partial charge < -0.3 is 4.74 Å². The average molecular weight is 455 g/mol. The summed E-state index contributed by atoms with van der Waals surface area (Å²) in [6.45, 7) is 4.39. The zero-order valence-corrected chi connectivity index (χ0v) is 20.4. The summed E-state index contributed by atoms with van der Waals surface area (Å²) in [7, 11) is 0. The van der Waals surface area contributed by atoms with Crippen molar-refractivity contribution in [2.45, 2.75) is 90.4 Å². The second-order valence-electron chi connectivity index (χ2n) is 10.4. The van der Waals surface area contributed by atoms with Gasteiger partial charge in [0, 0.05) is 5.39 Å². The molecule has 0 heterocycles. The molecule has 4 atom stereocenters. The van der Waals surface area contributed by atoms with Crippen molar-refractivity contribution in [2.24, 2.45) is 17.8 Å². The fourth-order valence-corrected chi connectivity index (χ4v) is 6.32. The molecule has 0 radical (unpaired) electrons. The third kappa shape index (κ3) is 5.78. The second kappa shape index (κ2) is 11.5. The van der Waals surface area contributed by atoms with E-state index in [9.17, 15) is 8.78 Å². The average Bonchev–Trinajstić information content (AvgIpc) is 2.84. The van der Waals surface area contributed by atoms with E-state index >= 15 is 0 Å². The van der Waals surface area contributed by atoms with E-state index in [1.165, 1.54) is 76.2 Å². The number of rotatable bonds is 9. The highest BCUT2D eigenvalue weighted by atomic mass is 19.2. The topological polar surface area (TPSA) is 9.23 Å². The fourth-order valence-electron chi connectivity index (χ4n) is 6.32. The minimum absolute atomic E-state index is 0.0159. The van der Waals surface area contributed by atoms with Gasteiger partial charge in [-0.15, -0.1) is 0 Å². The lowest BCUT2D eigenvalue weighted by Crippen LogP contribution is -2.30. The van der Waals surface area contributed by atoms with Crippen LogP contribution in [0.2, 0.25) is 0 Å². The van der Waals surface area contributed by atoms with Gasteiger partial charge in [-0.25, -0.2) is 4.39 Å². The van der Waals surface area contributed by atoms with E-state index in [2.05, 4.69) is 13.0 Å². The van der Waals surface area contributed by atoms with Crippen molar-refractivity contribution < 1.29 is 13.5 Å². The third-order valence-electron chi connectivity index (χ3n) is 8.24. The third-order valence-corrected chi connectivity index (χ3v) is 8.24. The van der Waals surface area contributed by atoms with Crippen LogP contribution in [0.15, 0.2) is 36.4 Å². The summed E-state index contributed by atoms with van der Waals surface area (Å²) in [5.41, 5.74) is 1.17. The van der Waals surface area contributed by atoms with Crippen molar-refractivity contribution in [1.29, 1.82) is 0 Å². The van der Waals surface area contributed by atoms with Gasteiger partial charge >= 0.3 is 0 Å². The Morgan fingerprint density at radius 3 is 2.58 bits per heavy atom. The van der Waals surface area contributed by atoms with Gasteiger partial charge in [0.05, 0.1) is 0 Å². The van der Waals surface area contributed by atoms with E-state index in [-0.39, 0.29) is 12.4 Å². The minimum Gasteiger partial charge on any atom is -0.486 e. The summed E-state index contributed by atoms with van der Waals surface area (Å²) in [4.78, 5) is 0. The Morgan fingerprint density at radius 1 is 0.939 bits per heavy atom. The molecule has 1 nitrogen and oxygen atoms in total. The largest absolute Gasteiger partial charge is 0.486 e. The lowest BCUT2D eigenvalue weighted by Gasteiger charge is -2.42. The number of ether oxygens (including phenoxy) is 1. The summed E-state index contributed by atoms with van der Waals surface area (Å²) in [5.74, 6) is 1.38. The first kappa shape index (κ1) is 24.2. The molecule has 2 aliphatic carbocycles. The molecule has 180 valence electrons. The number of allylic oxidation sites excluding steroid dienone is 1. The Morgan fingerprint density at radius 2 is 1.76 bits per heavy atom. The number of benzene rings is 2. The predicted molar refractivity (Wildman–Crippen MR) is 134 cm³/mol. The van der Waals surface area contributed by atoms with Crippen LogP contribution in [-0.2, 0) is 0 Å². The maximum Gasteiger partial charge on any atom is 0.201 e. The molecular formula is C30H40F2O. The first-order chi connectivity index (χ1) is 16.1. The summed E-state index contributed by atoms with van der Waals surface area (Å²) in [6.07, 6.45) is 18.3. The fraction of sp³-hybridized carbons (Fsp3) is 0.600. The Bertz CT molecular complexity index is 950. The predicted octanol–water partition coefficient (Wildman–Crippen LogP) is 9.34. The zero-order valence-electron chi connectivity index (χ0n) is 20.4. The van der Waals surface area contributed by atoms with Gasteiger partial charge in [0.25, 0.3) is 0 Å². The van der Waals surface area contributed by atoms with Crippen molar-refractivity contribution in [3.8, 4) is 5.75 Å². The normalized spacial score (nSPS) is 25.5. The Hall–Kier alpha value is -1.90. The molecule has 0 aliphatic heterocycles. The van der Waals surface area contributed by atoms with Crippen LogP contribution in [0.25, 0.3) is 10.8 Å². The molecule has 2 aliphatic rings. The van der Waals surface area contributed by atoms with Crippen LogP contribution in [0, 0.1) is 29.4 Å². The Kier molecular flexibility index (Phi) is 8.44. The molecule has 0 saturated heterocycles. The molecule has 0 bridgehead atoms. The van der Waals surface area contributed by atoms with Crippen molar-refractivity contribution >= 4 is 10.8 Å². The molecule has 0 spiro atoms. The molecule has 2 aromatic rings. The van der Waals surface area contributed by atoms with Crippen LogP contribution < -0.4 is 4.74 Å². The molecule has 0 aromatic heterocycles. The van der Waals surface area contributed by atoms with Crippen LogP contribution in [0.4, 0.5) is 8.78 Å². The molecule has 4 rings (SSSR count). The summed E-state index contributed by atoms with van der Waals surface area (Å²) in [6, 6.07) is 7.59. The molecule has 3 heteroatoms. The Balaban J connectivity index is 1.41. The zero-order chi connectivity index (χ0) is 23.2. The van der Waals surface area contributed by atoms with Crippen LogP contribution >= 0.6 is 0 Å². The molecule has 0 amide bonds. The standard InChI is InChI=1S/C30H40F2O/c1-3-5-7-8-9-21-10-11-23-18-24(13-12-22(23)17-21)25-14-15-26-20-28(33-16-6-4-2)30(32)29(31)27(26)19-25/h4,6,14-15,19-24H,3,5,7-13,16-18H2,1-2H3/b6-4+. The van der Waals surface area contributed by atoms with Crippen molar-refractivity contribution in [2.75, 3.05) is 6.61 Å². The van der Waals surface area contributed by atoms with Gasteiger partial charge in [-0.05, 0) is 85.8 Å². The number of halogens is 2. The number of hydrogen-bond donors (Lipinski definition) is 0. The number of hydrogen-bond acceptors (Lipinski definition) is 1. The van der Waals surface area contributed by atoms with Gasteiger partial charge in [0.2, 0.25) is 5.82 Å². The van der Waals surface area contributed by atoms with Crippen molar-refractivity contribution in [3.05, 3.63) is 53.6 Å². The van der Waals surface area contributed by atoms with E-state index in [0.29, 0.717) is 16.7 Å². The molecule has 2 aromatic carbocycles. The van der Waals surface area contributed by atoms with Crippen molar-refractivity contribution in [3.63, 3.8) is 0 Å². The van der Waals surface area contributed by atoms with Crippen molar-refractivity contribution in [1.82, 2.24) is 0 Å². The van der Waals surface area contributed by atoms with E-state index in [1.807, 2.05) is 25.1 Å². The van der Waals surface area contributed by atoms with Crippen LogP contribution in [0.3, 0.4) is 0 Å². The molecular weight excluding hydrogens is 414 g/mol. The van der Waals surface area contributed by atoms with E-state index in [1.54, 1.807) is 12.1 Å². The maximum atomic E-state index is 14.9. The number of unbranched alkanes of at least 4 members (excludes halogenated alkanes) is 3. The van der Waals surface area contributed by atoms with Gasteiger partial charge in [-0.1, -0.05) is 69.7 Å². The minimum atomic E-state index is -0.884. The van der Waals surface area contributed by atoms with Gasteiger partial charge in [-0.2, -0.15) is 4.39 Å². The van der Waals surface area contributed by atoms with Gasteiger partial charge in [0.1, 0.15) is 6.61 Å². The summed E-state index contributed by atoms with van der Waals surface area (Å²) < 4.78 is 34.9. The number of fused-ring (bicyclic) bond motifs is 2. The summed E-state index contributed by atoms with van der Waals surface area (Å²) >= 11 is 0. The smallest absolute Gasteiger partial charge is 0.201 e. The first-order valence-corrected chi connectivity index (χ1v) is 13.3. The van der Waals surface area contributed by atoms with Gasteiger partial charge in [0.15, 0.2) is 11.6 Å². The highest BCUT2D eigenvalue weighted by Gasteiger charge is 2.35. The van der Waals surface area contributed by atoms with Gasteiger partial charge in [-0.3, -0.25) is 0 Å². The monoisotopic (exact) mass is 454 g/mol.